The summed E-state index contributed by atoms with van der Waals surface area (Å²) in [6, 6.07) is 4.51. The quantitative estimate of drug-likeness (QED) is 0.790. The molecule has 0 spiro atoms. The Balaban J connectivity index is 2.52. The minimum atomic E-state index is -0.836. The van der Waals surface area contributed by atoms with Gasteiger partial charge in [-0.05, 0) is 18.2 Å². The fourth-order valence-corrected chi connectivity index (χ4v) is 1.60. The van der Waals surface area contributed by atoms with Gasteiger partial charge in [0.15, 0.2) is 5.58 Å². The second kappa shape index (κ2) is 4.81. The Labute approximate surface area is 105 Å². The molecule has 0 atom stereocenters. The monoisotopic (exact) mass is 275 g/mol. The molecule has 2 rings (SSSR count). The number of oxazole rings is 1. The van der Waals surface area contributed by atoms with E-state index in [2.05, 4.69) is 0 Å². The Morgan fingerprint density at radius 2 is 2.24 bits per heavy atom. The molecular formula is C10H7Cl2NO4. The summed E-state index contributed by atoms with van der Waals surface area (Å²) >= 11 is 11.2. The number of rotatable bonds is 2. The predicted molar refractivity (Wildman–Crippen MR) is 63.0 cm³/mol. The zero-order chi connectivity index (χ0) is 12.4. The number of carbonyl (C=O) groups excluding carboxylic acids is 1. The second-order valence-electron chi connectivity index (χ2n) is 3.12. The summed E-state index contributed by atoms with van der Waals surface area (Å²) in [4.78, 5) is 23.1. The van der Waals surface area contributed by atoms with Gasteiger partial charge in [0.1, 0.15) is 12.1 Å². The Morgan fingerprint density at radius 1 is 1.47 bits per heavy atom. The van der Waals surface area contributed by atoms with Crippen LogP contribution in [0.15, 0.2) is 27.4 Å². The van der Waals surface area contributed by atoms with Crippen LogP contribution in [0.4, 0.5) is 4.79 Å². The first-order valence-corrected chi connectivity index (χ1v) is 5.59. The summed E-state index contributed by atoms with van der Waals surface area (Å²) in [7, 11) is 0. The van der Waals surface area contributed by atoms with Crippen molar-refractivity contribution in [2.24, 2.45) is 0 Å². The third kappa shape index (κ3) is 2.30. The predicted octanol–water partition coefficient (Wildman–Crippen LogP) is 2.47. The Morgan fingerprint density at radius 3 is 2.94 bits per heavy atom. The van der Waals surface area contributed by atoms with Crippen molar-refractivity contribution in [2.45, 2.75) is 0 Å². The van der Waals surface area contributed by atoms with Crippen molar-refractivity contribution in [1.29, 1.82) is 0 Å². The molecule has 17 heavy (non-hydrogen) atoms. The maximum atomic E-state index is 11.6. The van der Waals surface area contributed by atoms with Crippen molar-refractivity contribution in [3.8, 4) is 0 Å². The summed E-state index contributed by atoms with van der Waals surface area (Å²) < 4.78 is 10.4. The van der Waals surface area contributed by atoms with Crippen molar-refractivity contribution in [1.82, 2.24) is 4.57 Å². The third-order valence-electron chi connectivity index (χ3n) is 2.03. The lowest BCUT2D eigenvalue weighted by Gasteiger charge is -2.01. The first-order valence-electron chi connectivity index (χ1n) is 4.67. The van der Waals surface area contributed by atoms with E-state index >= 15 is 0 Å². The van der Waals surface area contributed by atoms with Crippen LogP contribution < -0.4 is 5.76 Å². The second-order valence-corrected chi connectivity index (χ2v) is 3.93. The number of hydrogen-bond donors (Lipinski definition) is 0. The zero-order valence-corrected chi connectivity index (χ0v) is 9.99. The van der Waals surface area contributed by atoms with Gasteiger partial charge < -0.3 is 9.15 Å². The van der Waals surface area contributed by atoms with Gasteiger partial charge in [0.25, 0.3) is 0 Å². The van der Waals surface area contributed by atoms with Gasteiger partial charge in [-0.25, -0.2) is 9.59 Å². The summed E-state index contributed by atoms with van der Waals surface area (Å²) in [5, 5.41) is 0.386. The average molecular weight is 276 g/mol. The van der Waals surface area contributed by atoms with Crippen molar-refractivity contribution < 1.29 is 13.9 Å². The van der Waals surface area contributed by atoms with E-state index in [-0.39, 0.29) is 23.6 Å². The molecule has 5 nitrogen and oxygen atoms in total. The van der Waals surface area contributed by atoms with E-state index in [4.69, 9.17) is 32.4 Å². The van der Waals surface area contributed by atoms with Crippen LogP contribution in [0.5, 0.6) is 0 Å². The molecule has 0 unspecified atom stereocenters. The topological polar surface area (TPSA) is 61.4 Å². The molecule has 0 saturated carbocycles. The molecule has 0 saturated heterocycles. The number of nitrogens with zero attached hydrogens (tertiary/aromatic N) is 1. The lowest BCUT2D eigenvalue weighted by atomic mass is 10.3. The number of benzene rings is 1. The van der Waals surface area contributed by atoms with Crippen LogP contribution in [0.2, 0.25) is 5.02 Å². The molecule has 0 fully saturated rings. The van der Waals surface area contributed by atoms with Crippen molar-refractivity contribution in [2.75, 3.05) is 12.5 Å². The summed E-state index contributed by atoms with van der Waals surface area (Å²) in [5.74, 6) is -0.668. The molecule has 90 valence electrons. The Hall–Kier alpha value is -1.46. The molecule has 0 aliphatic carbocycles. The molecule has 0 bridgehead atoms. The molecule has 7 heteroatoms. The molecular weight excluding hydrogens is 269 g/mol. The maximum absolute atomic E-state index is 11.6. The van der Waals surface area contributed by atoms with Crippen LogP contribution in [0.25, 0.3) is 11.1 Å². The number of halogens is 2. The highest BCUT2D eigenvalue weighted by molar-refractivity contribution is 6.31. The fraction of sp³-hybridized carbons (Fsp3) is 0.200. The smallest absolute Gasteiger partial charge is 0.429 e. The number of fused-ring (bicyclic) bond motifs is 1. The average Bonchev–Trinajstić information content (AvgIpc) is 2.61. The minimum absolute atomic E-state index is 0.0140. The zero-order valence-electron chi connectivity index (χ0n) is 8.48. The molecule has 0 radical (unpaired) electrons. The van der Waals surface area contributed by atoms with Gasteiger partial charge >= 0.3 is 11.8 Å². The standard InChI is InChI=1S/C10H7Cl2NO4/c11-3-4-16-9(14)13-7-5-6(12)1-2-8(7)17-10(13)15/h1-2,5H,3-4H2. The van der Waals surface area contributed by atoms with Gasteiger partial charge in [-0.15, -0.1) is 11.6 Å². The first-order chi connectivity index (χ1) is 8.13. The molecule has 0 N–H and O–H groups in total. The van der Waals surface area contributed by atoms with Gasteiger partial charge in [-0.3, -0.25) is 0 Å². The summed E-state index contributed by atoms with van der Waals surface area (Å²) in [6.45, 7) is 0.0140. The van der Waals surface area contributed by atoms with E-state index in [1.54, 1.807) is 6.07 Å². The van der Waals surface area contributed by atoms with E-state index < -0.39 is 11.8 Å². The molecule has 0 aliphatic heterocycles. The number of ether oxygens (including phenoxy) is 1. The largest absolute Gasteiger partial charge is 0.448 e. The molecule has 0 amide bonds. The van der Waals surface area contributed by atoms with Crippen molar-refractivity contribution >= 4 is 40.4 Å². The molecule has 2 aromatic rings. The highest BCUT2D eigenvalue weighted by atomic mass is 35.5. The SMILES string of the molecule is O=C(OCCCl)n1c(=O)oc2ccc(Cl)cc21. The molecule has 0 aliphatic rings. The van der Waals surface area contributed by atoms with Gasteiger partial charge in [-0.1, -0.05) is 11.6 Å². The van der Waals surface area contributed by atoms with E-state index in [0.29, 0.717) is 5.02 Å². The van der Waals surface area contributed by atoms with E-state index in [0.717, 1.165) is 4.57 Å². The molecule has 1 heterocycles. The summed E-state index contributed by atoms with van der Waals surface area (Å²) in [6.07, 6.45) is -0.836. The summed E-state index contributed by atoms with van der Waals surface area (Å²) in [5.41, 5.74) is 0.532. The Kier molecular flexibility index (Phi) is 3.40. The Bertz CT molecular complexity index is 616. The van der Waals surface area contributed by atoms with Crippen LogP contribution >= 0.6 is 23.2 Å². The third-order valence-corrected chi connectivity index (χ3v) is 2.42. The highest BCUT2D eigenvalue weighted by Gasteiger charge is 2.17. The van der Waals surface area contributed by atoms with E-state index in [9.17, 15) is 9.59 Å². The fourth-order valence-electron chi connectivity index (χ4n) is 1.35. The lowest BCUT2D eigenvalue weighted by Crippen LogP contribution is -2.24. The number of aromatic nitrogens is 1. The van der Waals surface area contributed by atoms with Crippen LogP contribution in [-0.2, 0) is 4.74 Å². The van der Waals surface area contributed by atoms with Gasteiger partial charge in [0.2, 0.25) is 0 Å². The highest BCUT2D eigenvalue weighted by Crippen LogP contribution is 2.18. The van der Waals surface area contributed by atoms with Crippen LogP contribution in [0.1, 0.15) is 0 Å². The van der Waals surface area contributed by atoms with E-state index in [1.807, 2.05) is 0 Å². The van der Waals surface area contributed by atoms with Crippen LogP contribution in [0, 0.1) is 0 Å². The minimum Gasteiger partial charge on any atom is -0.448 e. The maximum Gasteiger partial charge on any atom is 0.429 e. The molecule has 1 aromatic heterocycles. The van der Waals surface area contributed by atoms with Crippen LogP contribution in [-0.4, -0.2) is 23.1 Å². The van der Waals surface area contributed by atoms with Crippen LogP contribution in [0.3, 0.4) is 0 Å². The lowest BCUT2D eigenvalue weighted by molar-refractivity contribution is 0.153. The van der Waals surface area contributed by atoms with Crippen molar-refractivity contribution in [3.63, 3.8) is 0 Å². The molecule has 1 aromatic carbocycles. The van der Waals surface area contributed by atoms with Gasteiger partial charge in [0, 0.05) is 5.02 Å². The van der Waals surface area contributed by atoms with E-state index in [1.165, 1.54) is 12.1 Å². The number of carbonyl (C=O) groups is 1. The normalized spacial score (nSPS) is 10.7. The number of alkyl halides is 1. The van der Waals surface area contributed by atoms with Gasteiger partial charge in [-0.2, -0.15) is 4.57 Å². The number of hydrogen-bond acceptors (Lipinski definition) is 4. The first kappa shape index (κ1) is 12.0. The van der Waals surface area contributed by atoms with Crippen molar-refractivity contribution in [3.05, 3.63) is 33.8 Å². The van der Waals surface area contributed by atoms with Gasteiger partial charge in [0.05, 0.1) is 5.88 Å².